The minimum Gasteiger partial charge on any atom is -0.872 e. The molecule has 3 heteroatoms. The Hall–Kier alpha value is -0.700. The Labute approximate surface area is 239 Å². The summed E-state index contributed by atoms with van der Waals surface area (Å²) in [6.45, 7) is 4.49. The van der Waals surface area contributed by atoms with Gasteiger partial charge in [0, 0.05) is 0 Å². The van der Waals surface area contributed by atoms with Crippen LogP contribution in [-0.4, -0.2) is 37.7 Å². The first-order chi connectivity index (χ1) is 16.1. The van der Waals surface area contributed by atoms with Crippen LogP contribution in [0.15, 0.2) is 36.4 Å². The maximum Gasteiger partial charge on any atom is 2.00 e. The predicted molar refractivity (Wildman–Crippen MR) is 144 cm³/mol. The average Bonchev–Trinajstić information content (AvgIpc) is 2.81. The number of hydrogen-bond acceptors (Lipinski definition) is 2. The van der Waals surface area contributed by atoms with Gasteiger partial charge in [-0.25, -0.2) is 0 Å². The second-order valence-electron chi connectivity index (χ2n) is 9.80. The fourth-order valence-electron chi connectivity index (χ4n) is 4.58. The zero-order valence-corrected chi connectivity index (χ0v) is 24.2. The van der Waals surface area contributed by atoms with E-state index in [1.807, 2.05) is 12.1 Å². The van der Waals surface area contributed by atoms with Gasteiger partial charge in [0.05, 0.1) is 0 Å². The molecular weight excluding hydrogens is 444 g/mol. The Morgan fingerprint density at radius 1 is 0.500 bits per heavy atom. The SMILES string of the molecule is CCCCCCCCCc1ccc(Cc2ccc(CCCCCCCCC)cc2[O-])c([O-])c1.[Ca+2]. The largest absolute Gasteiger partial charge is 2.00 e. The van der Waals surface area contributed by atoms with Crippen molar-refractivity contribution in [2.75, 3.05) is 0 Å². The molecule has 0 unspecified atom stereocenters. The molecule has 0 radical (unpaired) electrons. The van der Waals surface area contributed by atoms with Crippen LogP contribution in [0.5, 0.6) is 11.5 Å². The summed E-state index contributed by atoms with van der Waals surface area (Å²) in [5.74, 6) is 0.143. The van der Waals surface area contributed by atoms with Crippen molar-refractivity contribution in [2.45, 2.75) is 123 Å². The molecule has 2 aromatic rings. The molecule has 0 aliphatic rings. The minimum absolute atomic E-state index is 0. The average molecular weight is 491 g/mol. The maximum atomic E-state index is 12.6. The van der Waals surface area contributed by atoms with E-state index in [1.165, 1.54) is 77.0 Å². The zero-order valence-electron chi connectivity index (χ0n) is 22.0. The van der Waals surface area contributed by atoms with Gasteiger partial charge in [0.2, 0.25) is 0 Å². The predicted octanol–water partition coefficient (Wildman–Crippen LogP) is 7.63. The summed E-state index contributed by atoms with van der Waals surface area (Å²) in [5.41, 5.74) is 3.72. The second kappa shape index (κ2) is 19.5. The summed E-state index contributed by atoms with van der Waals surface area (Å²) in [7, 11) is 0. The Morgan fingerprint density at radius 2 is 0.853 bits per heavy atom. The molecule has 0 aliphatic carbocycles. The van der Waals surface area contributed by atoms with Gasteiger partial charge in [-0.1, -0.05) is 138 Å². The van der Waals surface area contributed by atoms with Gasteiger partial charge in [-0.05, 0) is 43.2 Å². The first kappa shape index (κ1) is 31.3. The number of rotatable bonds is 18. The number of benzene rings is 2. The van der Waals surface area contributed by atoms with Gasteiger partial charge in [0.15, 0.2) is 0 Å². The van der Waals surface area contributed by atoms with E-state index in [1.54, 1.807) is 12.1 Å². The maximum absolute atomic E-state index is 12.6. The van der Waals surface area contributed by atoms with Crippen LogP contribution in [0, 0.1) is 0 Å². The molecule has 0 fully saturated rings. The van der Waals surface area contributed by atoms with Crippen LogP contribution in [0.4, 0.5) is 0 Å². The van der Waals surface area contributed by atoms with Crippen LogP contribution >= 0.6 is 0 Å². The molecule has 0 amide bonds. The Kier molecular flexibility index (Phi) is 18.0. The molecule has 0 aliphatic heterocycles. The summed E-state index contributed by atoms with van der Waals surface area (Å²) >= 11 is 0. The van der Waals surface area contributed by atoms with Crippen LogP contribution in [-0.2, 0) is 19.3 Å². The number of hydrogen-bond donors (Lipinski definition) is 0. The van der Waals surface area contributed by atoms with E-state index in [0.717, 1.165) is 47.9 Å². The van der Waals surface area contributed by atoms with Crippen LogP contribution in [0.1, 0.15) is 126 Å². The van der Waals surface area contributed by atoms with Gasteiger partial charge >= 0.3 is 37.7 Å². The molecule has 184 valence electrons. The number of aryl methyl sites for hydroxylation is 2. The van der Waals surface area contributed by atoms with Gasteiger partial charge in [-0.15, -0.1) is 11.5 Å². The second-order valence-corrected chi connectivity index (χ2v) is 9.80. The monoisotopic (exact) mass is 490 g/mol. The molecule has 0 heterocycles. The Bertz CT molecular complexity index is 721. The first-order valence-corrected chi connectivity index (χ1v) is 13.7. The van der Waals surface area contributed by atoms with E-state index >= 15 is 0 Å². The van der Waals surface area contributed by atoms with Gasteiger partial charge < -0.3 is 10.2 Å². The molecular formula is C31H46CaO2. The third-order valence-electron chi connectivity index (χ3n) is 6.78. The van der Waals surface area contributed by atoms with Gasteiger partial charge in [0.25, 0.3) is 0 Å². The third kappa shape index (κ3) is 12.8. The van der Waals surface area contributed by atoms with E-state index < -0.39 is 0 Å². The smallest absolute Gasteiger partial charge is 0.872 e. The van der Waals surface area contributed by atoms with Crippen molar-refractivity contribution in [1.82, 2.24) is 0 Å². The molecule has 0 saturated heterocycles. The summed E-state index contributed by atoms with van der Waals surface area (Å²) in [5, 5.41) is 25.2. The van der Waals surface area contributed by atoms with Gasteiger partial charge in [0.1, 0.15) is 0 Å². The third-order valence-corrected chi connectivity index (χ3v) is 6.78. The van der Waals surface area contributed by atoms with Crippen LogP contribution in [0.2, 0.25) is 0 Å². The van der Waals surface area contributed by atoms with Crippen molar-refractivity contribution in [3.8, 4) is 11.5 Å². The van der Waals surface area contributed by atoms with Crippen LogP contribution in [0.25, 0.3) is 0 Å². The van der Waals surface area contributed by atoms with Crippen LogP contribution < -0.4 is 10.2 Å². The van der Waals surface area contributed by atoms with E-state index in [4.69, 9.17) is 0 Å². The molecule has 2 rings (SSSR count). The summed E-state index contributed by atoms with van der Waals surface area (Å²) in [6.07, 6.45) is 20.4. The first-order valence-electron chi connectivity index (χ1n) is 13.7. The van der Waals surface area contributed by atoms with E-state index in [-0.39, 0.29) is 49.2 Å². The fraction of sp³-hybridized carbons (Fsp3) is 0.613. The normalized spacial score (nSPS) is 10.9. The molecule has 2 nitrogen and oxygen atoms in total. The molecule has 0 saturated carbocycles. The van der Waals surface area contributed by atoms with Crippen molar-refractivity contribution < 1.29 is 10.2 Å². The van der Waals surface area contributed by atoms with Crippen molar-refractivity contribution in [1.29, 1.82) is 0 Å². The summed E-state index contributed by atoms with van der Waals surface area (Å²) < 4.78 is 0. The van der Waals surface area contributed by atoms with Crippen molar-refractivity contribution >= 4 is 37.7 Å². The van der Waals surface area contributed by atoms with Gasteiger partial charge in [-0.3, -0.25) is 0 Å². The van der Waals surface area contributed by atoms with Gasteiger partial charge in [-0.2, -0.15) is 0 Å². The Balaban J connectivity index is 0.00000578. The molecule has 0 aromatic heterocycles. The molecule has 34 heavy (non-hydrogen) atoms. The van der Waals surface area contributed by atoms with Crippen molar-refractivity contribution in [3.05, 3.63) is 58.7 Å². The summed E-state index contributed by atoms with van der Waals surface area (Å²) in [4.78, 5) is 0. The standard InChI is InChI=1S/C31H48O2.Ca/c1-3-5-7-9-11-13-15-17-26-19-21-28(30(32)23-26)25-29-22-20-27(24-31(29)33)18-16-14-12-10-8-6-4-2;/h19-24,32-33H,3-18,25H2,1-2H3;/q;+2/p-2. The topological polar surface area (TPSA) is 46.1 Å². The van der Waals surface area contributed by atoms with E-state index in [9.17, 15) is 10.2 Å². The van der Waals surface area contributed by atoms with E-state index in [0.29, 0.717) is 6.42 Å². The van der Waals surface area contributed by atoms with Crippen LogP contribution in [0.3, 0.4) is 0 Å². The zero-order chi connectivity index (χ0) is 23.7. The van der Waals surface area contributed by atoms with Crippen molar-refractivity contribution in [2.24, 2.45) is 0 Å². The molecule has 2 aromatic carbocycles. The minimum atomic E-state index is 0. The fourth-order valence-corrected chi connectivity index (χ4v) is 4.58. The van der Waals surface area contributed by atoms with E-state index in [2.05, 4.69) is 26.0 Å². The summed E-state index contributed by atoms with van der Waals surface area (Å²) in [6, 6.07) is 11.6. The quantitative estimate of drug-likeness (QED) is 0.159. The molecule has 0 N–H and O–H groups in total. The number of unbranched alkanes of at least 4 members (excludes halogenated alkanes) is 12. The molecule has 0 atom stereocenters. The Morgan fingerprint density at radius 3 is 1.21 bits per heavy atom. The van der Waals surface area contributed by atoms with Crippen molar-refractivity contribution in [3.63, 3.8) is 0 Å². The molecule has 0 bridgehead atoms. The molecule has 0 spiro atoms.